The Bertz CT molecular complexity index is 1210. The standard InChI is InChI=1S/C21H18N6O3/c1-2-30-18-11-4-3-8-17(18)26-21-19(27(28)29)20(23-13-24-21)25-16-10-5-9-15-14(16)7-6-12-22-15/h3-13H,2H2,1H3,(H2,23,24,25,26). The van der Waals surface area contributed by atoms with Crippen LogP contribution in [-0.4, -0.2) is 26.5 Å². The van der Waals surface area contributed by atoms with Gasteiger partial charge in [0.15, 0.2) is 0 Å². The van der Waals surface area contributed by atoms with Crippen molar-refractivity contribution in [1.29, 1.82) is 0 Å². The molecule has 30 heavy (non-hydrogen) atoms. The van der Waals surface area contributed by atoms with E-state index in [2.05, 4.69) is 25.6 Å². The van der Waals surface area contributed by atoms with Crippen molar-refractivity contribution >= 4 is 39.6 Å². The van der Waals surface area contributed by atoms with E-state index in [1.165, 1.54) is 6.33 Å². The molecule has 0 bridgehead atoms. The maximum absolute atomic E-state index is 11.9. The lowest BCUT2D eigenvalue weighted by atomic mass is 10.2. The molecular weight excluding hydrogens is 384 g/mol. The van der Waals surface area contributed by atoms with E-state index in [0.29, 0.717) is 23.7 Å². The van der Waals surface area contributed by atoms with E-state index < -0.39 is 4.92 Å². The van der Waals surface area contributed by atoms with Crippen LogP contribution in [0.1, 0.15) is 6.92 Å². The highest BCUT2D eigenvalue weighted by atomic mass is 16.6. The van der Waals surface area contributed by atoms with Gasteiger partial charge >= 0.3 is 5.69 Å². The summed E-state index contributed by atoms with van der Waals surface area (Å²) in [5.74, 6) is 0.702. The van der Waals surface area contributed by atoms with Crippen molar-refractivity contribution in [1.82, 2.24) is 15.0 Å². The van der Waals surface area contributed by atoms with Gasteiger partial charge in [0.1, 0.15) is 12.1 Å². The maximum Gasteiger partial charge on any atom is 0.353 e. The highest BCUT2D eigenvalue weighted by Gasteiger charge is 2.24. The van der Waals surface area contributed by atoms with Crippen LogP contribution in [0.15, 0.2) is 67.1 Å². The number of nitrogens with zero attached hydrogens (tertiary/aromatic N) is 4. The zero-order valence-corrected chi connectivity index (χ0v) is 16.1. The second kappa shape index (κ2) is 8.39. The summed E-state index contributed by atoms with van der Waals surface area (Å²) in [7, 11) is 0. The fourth-order valence-corrected chi connectivity index (χ4v) is 3.05. The Morgan fingerprint density at radius 3 is 2.43 bits per heavy atom. The molecular formula is C21H18N6O3. The largest absolute Gasteiger partial charge is 0.492 e. The number of fused-ring (bicyclic) bond motifs is 1. The molecule has 0 unspecified atom stereocenters. The molecule has 0 fully saturated rings. The van der Waals surface area contributed by atoms with E-state index in [1.807, 2.05) is 37.3 Å². The molecule has 150 valence electrons. The van der Waals surface area contributed by atoms with Gasteiger partial charge < -0.3 is 15.4 Å². The second-order valence-electron chi connectivity index (χ2n) is 6.23. The molecule has 0 saturated heterocycles. The molecule has 4 aromatic rings. The lowest BCUT2D eigenvalue weighted by Crippen LogP contribution is -2.06. The minimum atomic E-state index is -0.517. The van der Waals surface area contributed by atoms with Gasteiger partial charge in [-0.1, -0.05) is 18.2 Å². The van der Waals surface area contributed by atoms with Gasteiger partial charge in [0.25, 0.3) is 0 Å². The number of ether oxygens (including phenoxy) is 1. The highest BCUT2D eigenvalue weighted by molar-refractivity contribution is 5.94. The summed E-state index contributed by atoms with van der Waals surface area (Å²) in [6.45, 7) is 2.33. The molecule has 0 aliphatic heterocycles. The molecule has 0 radical (unpaired) electrons. The molecule has 0 atom stereocenters. The summed E-state index contributed by atoms with van der Waals surface area (Å²) in [5.41, 5.74) is 1.72. The Hall–Kier alpha value is -4.27. The maximum atomic E-state index is 11.9. The highest BCUT2D eigenvalue weighted by Crippen LogP contribution is 2.36. The molecule has 2 aromatic carbocycles. The van der Waals surface area contributed by atoms with E-state index in [0.717, 1.165) is 10.9 Å². The van der Waals surface area contributed by atoms with Gasteiger partial charge in [-0.15, -0.1) is 0 Å². The minimum Gasteiger partial charge on any atom is -0.492 e. The summed E-state index contributed by atoms with van der Waals surface area (Å²) in [6.07, 6.45) is 2.96. The summed E-state index contributed by atoms with van der Waals surface area (Å²) in [5, 5.41) is 18.8. The fraction of sp³-hybridized carbons (Fsp3) is 0.0952. The number of anilines is 4. The second-order valence-corrected chi connectivity index (χ2v) is 6.23. The first-order chi connectivity index (χ1) is 14.7. The van der Waals surface area contributed by atoms with E-state index in [1.54, 1.807) is 30.5 Å². The van der Waals surface area contributed by atoms with Crippen molar-refractivity contribution in [2.75, 3.05) is 17.2 Å². The fourth-order valence-electron chi connectivity index (χ4n) is 3.05. The summed E-state index contributed by atoms with van der Waals surface area (Å²) >= 11 is 0. The van der Waals surface area contributed by atoms with Crippen molar-refractivity contribution < 1.29 is 9.66 Å². The molecule has 9 heteroatoms. The number of benzene rings is 2. The predicted octanol–water partition coefficient (Wildman–Crippen LogP) is 4.82. The monoisotopic (exact) mass is 402 g/mol. The molecule has 2 aromatic heterocycles. The Morgan fingerprint density at radius 1 is 0.933 bits per heavy atom. The van der Waals surface area contributed by atoms with Crippen LogP contribution < -0.4 is 15.4 Å². The molecule has 0 spiro atoms. The predicted molar refractivity (Wildman–Crippen MR) is 115 cm³/mol. The first-order valence-electron chi connectivity index (χ1n) is 9.26. The number of aromatic nitrogens is 3. The SMILES string of the molecule is CCOc1ccccc1Nc1ncnc(Nc2cccc3ncccc23)c1[N+](=O)[O-]. The topological polar surface area (TPSA) is 115 Å². The first kappa shape index (κ1) is 19.1. The molecule has 2 N–H and O–H groups in total. The summed E-state index contributed by atoms with van der Waals surface area (Å²) < 4.78 is 5.59. The lowest BCUT2D eigenvalue weighted by molar-refractivity contribution is -0.383. The Kier molecular flexibility index (Phi) is 5.33. The zero-order valence-electron chi connectivity index (χ0n) is 16.1. The molecule has 9 nitrogen and oxygen atoms in total. The number of para-hydroxylation sites is 2. The van der Waals surface area contributed by atoms with Crippen LogP contribution in [-0.2, 0) is 0 Å². The number of hydrogen-bond acceptors (Lipinski definition) is 8. The molecule has 0 saturated carbocycles. The smallest absolute Gasteiger partial charge is 0.353 e. The number of nitrogens with one attached hydrogen (secondary N) is 2. The molecule has 0 amide bonds. The molecule has 0 aliphatic carbocycles. The average molecular weight is 402 g/mol. The van der Waals surface area contributed by atoms with Crippen LogP contribution in [0.5, 0.6) is 5.75 Å². The van der Waals surface area contributed by atoms with Gasteiger partial charge in [-0.05, 0) is 43.3 Å². The van der Waals surface area contributed by atoms with E-state index >= 15 is 0 Å². The third-order valence-corrected chi connectivity index (χ3v) is 4.34. The van der Waals surface area contributed by atoms with Crippen LogP contribution in [0.25, 0.3) is 10.9 Å². The minimum absolute atomic E-state index is 0.0583. The quantitative estimate of drug-likeness (QED) is 0.334. The summed E-state index contributed by atoms with van der Waals surface area (Å²) in [6, 6.07) is 16.4. The van der Waals surface area contributed by atoms with Crippen molar-refractivity contribution in [2.24, 2.45) is 0 Å². The third kappa shape index (κ3) is 3.81. The Morgan fingerprint density at radius 2 is 1.67 bits per heavy atom. The van der Waals surface area contributed by atoms with Crippen molar-refractivity contribution in [3.8, 4) is 5.75 Å². The van der Waals surface area contributed by atoms with Crippen LogP contribution in [0, 0.1) is 10.1 Å². The van der Waals surface area contributed by atoms with Crippen LogP contribution >= 0.6 is 0 Å². The van der Waals surface area contributed by atoms with E-state index in [9.17, 15) is 10.1 Å². The number of hydrogen-bond donors (Lipinski definition) is 2. The van der Waals surface area contributed by atoms with Crippen molar-refractivity contribution in [3.05, 3.63) is 77.2 Å². The molecule has 4 rings (SSSR count). The average Bonchev–Trinajstić information content (AvgIpc) is 2.75. The first-order valence-corrected chi connectivity index (χ1v) is 9.26. The van der Waals surface area contributed by atoms with Gasteiger partial charge in [0, 0.05) is 17.3 Å². The molecule has 2 heterocycles. The van der Waals surface area contributed by atoms with Crippen LogP contribution in [0.3, 0.4) is 0 Å². The van der Waals surface area contributed by atoms with Crippen molar-refractivity contribution in [2.45, 2.75) is 6.92 Å². The Balaban J connectivity index is 1.75. The normalized spacial score (nSPS) is 10.6. The zero-order chi connectivity index (χ0) is 20.9. The van der Waals surface area contributed by atoms with Gasteiger partial charge in [-0.3, -0.25) is 15.1 Å². The third-order valence-electron chi connectivity index (χ3n) is 4.34. The van der Waals surface area contributed by atoms with Crippen molar-refractivity contribution in [3.63, 3.8) is 0 Å². The number of pyridine rings is 1. The van der Waals surface area contributed by atoms with Crippen LogP contribution in [0.4, 0.5) is 28.7 Å². The van der Waals surface area contributed by atoms with Gasteiger partial charge in [-0.25, -0.2) is 9.97 Å². The van der Waals surface area contributed by atoms with E-state index in [-0.39, 0.29) is 17.3 Å². The van der Waals surface area contributed by atoms with Crippen LogP contribution in [0.2, 0.25) is 0 Å². The number of rotatable bonds is 7. The summed E-state index contributed by atoms with van der Waals surface area (Å²) in [4.78, 5) is 23.9. The van der Waals surface area contributed by atoms with E-state index in [4.69, 9.17) is 4.74 Å². The lowest BCUT2D eigenvalue weighted by Gasteiger charge is -2.13. The van der Waals surface area contributed by atoms with Gasteiger partial charge in [-0.2, -0.15) is 0 Å². The molecule has 0 aliphatic rings. The Labute approximate surface area is 171 Å². The van der Waals surface area contributed by atoms with Gasteiger partial charge in [0.2, 0.25) is 11.6 Å². The van der Waals surface area contributed by atoms with Gasteiger partial charge in [0.05, 0.1) is 22.7 Å². The number of nitro groups is 1.